The number of hydrogen-bond acceptors (Lipinski definition) is 2. The minimum absolute atomic E-state index is 0.515. The van der Waals surface area contributed by atoms with Gasteiger partial charge in [-0.05, 0) is 5.56 Å². The third-order valence-corrected chi connectivity index (χ3v) is 1.88. The molecule has 0 aliphatic rings. The fourth-order valence-electron chi connectivity index (χ4n) is 1.14. The summed E-state index contributed by atoms with van der Waals surface area (Å²) in [6.07, 6.45) is 0.577. The van der Waals surface area contributed by atoms with Gasteiger partial charge in [-0.2, -0.15) is 5.26 Å². The van der Waals surface area contributed by atoms with Crippen LogP contribution in [0.3, 0.4) is 0 Å². The van der Waals surface area contributed by atoms with E-state index in [0.29, 0.717) is 0 Å². The van der Waals surface area contributed by atoms with Crippen LogP contribution >= 0.6 is 0 Å². The summed E-state index contributed by atoms with van der Waals surface area (Å²) in [7, 11) is 0. The Morgan fingerprint density at radius 1 is 1.38 bits per heavy atom. The van der Waals surface area contributed by atoms with Crippen LogP contribution < -0.4 is 0 Å². The van der Waals surface area contributed by atoms with Gasteiger partial charge >= 0.3 is 0 Å². The molecule has 0 radical (unpaired) electrons. The summed E-state index contributed by atoms with van der Waals surface area (Å²) in [6, 6.07) is 11.2. The first-order valence-corrected chi connectivity index (χ1v) is 4.04. The van der Waals surface area contributed by atoms with E-state index in [9.17, 15) is 5.11 Å². The first-order valence-electron chi connectivity index (χ1n) is 4.04. The van der Waals surface area contributed by atoms with Gasteiger partial charge in [0.15, 0.2) is 0 Å². The number of aliphatic hydroxyl groups excluding tert-OH is 1. The van der Waals surface area contributed by atoms with Gasteiger partial charge < -0.3 is 5.11 Å². The van der Waals surface area contributed by atoms with Crippen LogP contribution in [0.4, 0.5) is 0 Å². The average molecular weight is 173 g/mol. The zero-order valence-electron chi connectivity index (χ0n) is 7.22. The summed E-state index contributed by atoms with van der Waals surface area (Å²) < 4.78 is 0. The maximum Gasteiger partial charge on any atom is 0.101 e. The number of nitrogens with zero attached hydrogens (tertiary/aromatic N) is 1. The predicted octanol–water partition coefficient (Wildman–Crippen LogP) is 1.84. The van der Waals surface area contributed by atoms with Crippen LogP contribution in [0.2, 0.25) is 0 Å². The number of rotatable bonds is 3. The van der Waals surface area contributed by atoms with E-state index in [1.807, 2.05) is 36.4 Å². The lowest BCUT2D eigenvalue weighted by Gasteiger charge is -2.12. The highest BCUT2D eigenvalue weighted by Crippen LogP contribution is 2.18. The van der Waals surface area contributed by atoms with Gasteiger partial charge in [0.25, 0.3) is 0 Å². The highest BCUT2D eigenvalue weighted by atomic mass is 16.3. The van der Waals surface area contributed by atoms with Crippen LogP contribution in [0, 0.1) is 11.3 Å². The normalized spacial score (nSPS) is 14.2. The molecule has 0 bridgehead atoms. The van der Waals surface area contributed by atoms with Crippen molar-refractivity contribution in [1.82, 2.24) is 0 Å². The molecule has 0 spiro atoms. The Hall–Kier alpha value is -1.59. The summed E-state index contributed by atoms with van der Waals surface area (Å²) >= 11 is 0. The largest absolute Gasteiger partial charge is 0.387 e. The van der Waals surface area contributed by atoms with E-state index in [-0.39, 0.29) is 0 Å². The predicted molar refractivity (Wildman–Crippen MR) is 51.0 cm³/mol. The second kappa shape index (κ2) is 4.44. The summed E-state index contributed by atoms with van der Waals surface area (Å²) in [4.78, 5) is 0. The molecule has 0 heterocycles. The van der Waals surface area contributed by atoms with Crippen LogP contribution in [0.5, 0.6) is 0 Å². The van der Waals surface area contributed by atoms with E-state index in [4.69, 9.17) is 5.26 Å². The molecule has 1 aromatic carbocycles. The van der Waals surface area contributed by atoms with Gasteiger partial charge in [-0.25, -0.2) is 0 Å². The summed E-state index contributed by atoms with van der Waals surface area (Å²) in [5, 5.41) is 18.3. The fourth-order valence-corrected chi connectivity index (χ4v) is 1.14. The van der Waals surface area contributed by atoms with Crippen molar-refractivity contribution in [3.05, 3.63) is 48.6 Å². The van der Waals surface area contributed by atoms with Crippen molar-refractivity contribution in [1.29, 1.82) is 5.26 Å². The van der Waals surface area contributed by atoms with Crippen molar-refractivity contribution in [2.75, 3.05) is 0 Å². The molecule has 0 fully saturated rings. The van der Waals surface area contributed by atoms with Crippen molar-refractivity contribution < 1.29 is 5.11 Å². The number of aliphatic hydroxyl groups is 1. The maximum absolute atomic E-state index is 9.43. The summed E-state index contributed by atoms with van der Waals surface area (Å²) in [5.74, 6) is -0.515. The Morgan fingerprint density at radius 3 is 2.46 bits per heavy atom. The molecule has 13 heavy (non-hydrogen) atoms. The van der Waals surface area contributed by atoms with Crippen LogP contribution in [0.15, 0.2) is 43.0 Å². The Bertz CT molecular complexity index is 313. The number of hydrogen-bond donors (Lipinski definition) is 1. The molecular formula is C11H11NO. The number of nitriles is 1. The maximum atomic E-state index is 9.43. The lowest BCUT2D eigenvalue weighted by Crippen LogP contribution is -2.13. The minimum Gasteiger partial charge on any atom is -0.387 e. The van der Waals surface area contributed by atoms with Crippen molar-refractivity contribution in [2.45, 2.75) is 12.0 Å². The van der Waals surface area contributed by atoms with Gasteiger partial charge in [-0.1, -0.05) is 36.4 Å². The van der Waals surface area contributed by atoms with Gasteiger partial charge in [0.1, 0.15) is 5.92 Å². The lowest BCUT2D eigenvalue weighted by atomic mass is 9.95. The minimum atomic E-state index is -0.799. The molecule has 0 saturated carbocycles. The zero-order valence-corrected chi connectivity index (χ0v) is 7.22. The van der Waals surface area contributed by atoms with Crippen molar-refractivity contribution in [3.8, 4) is 6.07 Å². The van der Waals surface area contributed by atoms with E-state index in [1.54, 1.807) is 0 Å². The highest BCUT2D eigenvalue weighted by Gasteiger charge is 2.16. The molecule has 2 atom stereocenters. The number of benzene rings is 1. The molecule has 1 aromatic rings. The molecule has 0 saturated heterocycles. The Kier molecular flexibility index (Phi) is 3.24. The van der Waals surface area contributed by atoms with E-state index in [1.165, 1.54) is 6.08 Å². The second-order valence-electron chi connectivity index (χ2n) is 2.74. The van der Waals surface area contributed by atoms with E-state index >= 15 is 0 Å². The topological polar surface area (TPSA) is 44.0 Å². The van der Waals surface area contributed by atoms with Gasteiger partial charge in [-0.3, -0.25) is 0 Å². The fraction of sp³-hybridized carbons (Fsp3) is 0.182. The Balaban J connectivity index is 2.93. The Morgan fingerprint density at radius 2 is 2.00 bits per heavy atom. The monoisotopic (exact) mass is 173 g/mol. The standard InChI is InChI=1S/C11H11NO/c1-2-11(13)10(8-12)9-6-4-3-5-7-9/h2-7,10-11,13H,1H2/t10-,11+/m0/s1. The molecule has 66 valence electrons. The summed E-state index contributed by atoms with van der Waals surface area (Å²) in [5.41, 5.74) is 0.817. The summed E-state index contributed by atoms with van der Waals surface area (Å²) in [6.45, 7) is 3.45. The molecule has 2 heteroatoms. The third kappa shape index (κ3) is 2.17. The molecule has 0 unspecified atom stereocenters. The van der Waals surface area contributed by atoms with Gasteiger partial charge in [0.2, 0.25) is 0 Å². The first kappa shape index (κ1) is 9.50. The van der Waals surface area contributed by atoms with Crippen LogP contribution in [-0.4, -0.2) is 11.2 Å². The highest BCUT2D eigenvalue weighted by molar-refractivity contribution is 5.27. The third-order valence-electron chi connectivity index (χ3n) is 1.88. The molecule has 2 nitrogen and oxygen atoms in total. The van der Waals surface area contributed by atoms with E-state index in [0.717, 1.165) is 5.56 Å². The average Bonchev–Trinajstić information content (AvgIpc) is 2.20. The zero-order chi connectivity index (χ0) is 9.68. The van der Waals surface area contributed by atoms with Crippen LogP contribution in [0.25, 0.3) is 0 Å². The SMILES string of the molecule is C=C[C@@H](O)[C@@H](C#N)c1ccccc1. The van der Waals surface area contributed by atoms with Crippen LogP contribution in [0.1, 0.15) is 11.5 Å². The van der Waals surface area contributed by atoms with Gasteiger partial charge in [0, 0.05) is 0 Å². The lowest BCUT2D eigenvalue weighted by molar-refractivity contribution is 0.210. The Labute approximate surface area is 77.8 Å². The first-order chi connectivity index (χ1) is 6.29. The molecule has 0 aliphatic carbocycles. The van der Waals surface area contributed by atoms with Crippen molar-refractivity contribution in [2.24, 2.45) is 0 Å². The molecule has 1 N–H and O–H groups in total. The van der Waals surface area contributed by atoms with Gasteiger partial charge in [-0.15, -0.1) is 6.58 Å². The van der Waals surface area contributed by atoms with Gasteiger partial charge in [0.05, 0.1) is 12.2 Å². The molecule has 0 aromatic heterocycles. The van der Waals surface area contributed by atoms with Crippen molar-refractivity contribution >= 4 is 0 Å². The van der Waals surface area contributed by atoms with Crippen LogP contribution in [-0.2, 0) is 0 Å². The second-order valence-corrected chi connectivity index (χ2v) is 2.74. The quantitative estimate of drug-likeness (QED) is 0.709. The molecule has 0 amide bonds. The van der Waals surface area contributed by atoms with E-state index < -0.39 is 12.0 Å². The smallest absolute Gasteiger partial charge is 0.101 e. The van der Waals surface area contributed by atoms with Crippen molar-refractivity contribution in [3.63, 3.8) is 0 Å². The molecule has 1 rings (SSSR count). The molecule has 0 aliphatic heterocycles. The molecular weight excluding hydrogens is 162 g/mol. The van der Waals surface area contributed by atoms with E-state index in [2.05, 4.69) is 6.58 Å².